The Labute approximate surface area is 173 Å². The second-order valence-electron chi connectivity index (χ2n) is 7.36. The monoisotopic (exact) mass is 419 g/mol. The molecule has 0 saturated carbocycles. The van der Waals surface area contributed by atoms with Crippen LogP contribution in [0.15, 0.2) is 42.5 Å². The van der Waals surface area contributed by atoms with E-state index in [1.807, 2.05) is 4.90 Å². The highest BCUT2D eigenvalue weighted by molar-refractivity contribution is 5.92. The molecule has 1 fully saturated rings. The summed E-state index contributed by atoms with van der Waals surface area (Å²) in [6.07, 6.45) is 1.61. The normalized spacial score (nSPS) is 15.0. The molecule has 1 saturated heterocycles. The standard InChI is InChI=1S/C22H24F3N3O2/c23-17-5-6-19(25)20(13-17)27-21(29)14-28-11-8-16(9-12-28)22(30)26-10-7-15-3-1-2-4-18(15)24/h1-6,13,16H,7-12,14H2,(H,26,30)(H,27,29). The minimum Gasteiger partial charge on any atom is -0.356 e. The Morgan fingerprint density at radius 3 is 2.47 bits per heavy atom. The van der Waals surface area contributed by atoms with Crippen LogP contribution in [0.25, 0.3) is 0 Å². The molecule has 30 heavy (non-hydrogen) atoms. The average Bonchev–Trinajstić information content (AvgIpc) is 2.72. The second-order valence-corrected chi connectivity index (χ2v) is 7.36. The predicted molar refractivity (Wildman–Crippen MR) is 107 cm³/mol. The molecule has 8 heteroatoms. The van der Waals surface area contributed by atoms with E-state index >= 15 is 0 Å². The minimum absolute atomic E-state index is 0.0393. The Kier molecular flexibility index (Phi) is 7.46. The zero-order chi connectivity index (χ0) is 21.5. The number of anilines is 1. The van der Waals surface area contributed by atoms with E-state index in [1.54, 1.807) is 18.2 Å². The first-order valence-electron chi connectivity index (χ1n) is 9.91. The molecule has 0 unspecified atom stereocenters. The molecule has 2 amide bonds. The summed E-state index contributed by atoms with van der Waals surface area (Å²) >= 11 is 0. The number of benzene rings is 2. The number of carbonyl (C=O) groups is 2. The van der Waals surface area contributed by atoms with Crippen LogP contribution >= 0.6 is 0 Å². The van der Waals surface area contributed by atoms with E-state index < -0.39 is 17.5 Å². The van der Waals surface area contributed by atoms with Gasteiger partial charge >= 0.3 is 0 Å². The number of hydrogen-bond donors (Lipinski definition) is 2. The number of halogens is 3. The van der Waals surface area contributed by atoms with Gasteiger partial charge in [-0.25, -0.2) is 13.2 Å². The second kappa shape index (κ2) is 10.2. The molecule has 160 valence electrons. The largest absolute Gasteiger partial charge is 0.356 e. The Morgan fingerprint density at radius 2 is 1.73 bits per heavy atom. The summed E-state index contributed by atoms with van der Waals surface area (Å²) in [5, 5.41) is 5.22. The molecule has 0 radical (unpaired) electrons. The van der Waals surface area contributed by atoms with Gasteiger partial charge in [0.25, 0.3) is 0 Å². The number of carbonyl (C=O) groups excluding carboxylic acids is 2. The van der Waals surface area contributed by atoms with Gasteiger partial charge in [0.1, 0.15) is 17.5 Å². The van der Waals surface area contributed by atoms with E-state index in [4.69, 9.17) is 0 Å². The lowest BCUT2D eigenvalue weighted by molar-refractivity contribution is -0.126. The maximum absolute atomic E-state index is 13.6. The van der Waals surface area contributed by atoms with Crippen molar-refractivity contribution in [2.75, 3.05) is 31.5 Å². The topological polar surface area (TPSA) is 61.4 Å². The van der Waals surface area contributed by atoms with E-state index in [-0.39, 0.29) is 29.9 Å². The lowest BCUT2D eigenvalue weighted by Crippen LogP contribution is -2.43. The fourth-order valence-corrected chi connectivity index (χ4v) is 3.51. The van der Waals surface area contributed by atoms with Gasteiger partial charge in [0.05, 0.1) is 12.2 Å². The number of piperidine rings is 1. The van der Waals surface area contributed by atoms with Gasteiger partial charge in [0.15, 0.2) is 0 Å². The molecule has 0 bridgehead atoms. The van der Waals surface area contributed by atoms with Crippen LogP contribution in [-0.2, 0) is 16.0 Å². The van der Waals surface area contributed by atoms with Gasteiger partial charge in [-0.15, -0.1) is 0 Å². The third-order valence-electron chi connectivity index (χ3n) is 5.18. The Bertz CT molecular complexity index is 899. The van der Waals surface area contributed by atoms with Crippen LogP contribution in [0.1, 0.15) is 18.4 Å². The number of amides is 2. The molecule has 0 aromatic heterocycles. The molecule has 2 aromatic carbocycles. The van der Waals surface area contributed by atoms with E-state index in [2.05, 4.69) is 10.6 Å². The van der Waals surface area contributed by atoms with Gasteiger partial charge in [-0.3, -0.25) is 14.5 Å². The van der Waals surface area contributed by atoms with Crippen molar-refractivity contribution in [3.05, 3.63) is 65.5 Å². The van der Waals surface area contributed by atoms with E-state index in [9.17, 15) is 22.8 Å². The summed E-state index contributed by atoms with van der Waals surface area (Å²) < 4.78 is 40.4. The van der Waals surface area contributed by atoms with Gasteiger partial charge in [-0.05, 0) is 56.1 Å². The Morgan fingerprint density at radius 1 is 1.00 bits per heavy atom. The highest BCUT2D eigenvalue weighted by atomic mass is 19.1. The molecule has 0 aliphatic carbocycles. The first-order valence-corrected chi connectivity index (χ1v) is 9.91. The fraction of sp³-hybridized carbons (Fsp3) is 0.364. The molecule has 1 aliphatic rings. The van der Waals surface area contributed by atoms with Crippen molar-refractivity contribution in [2.45, 2.75) is 19.3 Å². The lowest BCUT2D eigenvalue weighted by Gasteiger charge is -2.30. The molecule has 2 N–H and O–H groups in total. The van der Waals surface area contributed by atoms with Crippen molar-refractivity contribution in [3.63, 3.8) is 0 Å². The number of nitrogens with one attached hydrogen (secondary N) is 2. The Hall–Kier alpha value is -2.87. The van der Waals surface area contributed by atoms with Crippen LogP contribution in [0.3, 0.4) is 0 Å². The third kappa shape index (κ3) is 6.06. The third-order valence-corrected chi connectivity index (χ3v) is 5.18. The van der Waals surface area contributed by atoms with Crippen molar-refractivity contribution in [1.82, 2.24) is 10.2 Å². The van der Waals surface area contributed by atoms with Crippen molar-refractivity contribution in [3.8, 4) is 0 Å². The van der Waals surface area contributed by atoms with Crippen molar-refractivity contribution in [2.24, 2.45) is 5.92 Å². The van der Waals surface area contributed by atoms with Gasteiger partial charge in [0, 0.05) is 18.5 Å². The van der Waals surface area contributed by atoms with Gasteiger partial charge in [-0.2, -0.15) is 0 Å². The molecule has 0 spiro atoms. The van der Waals surface area contributed by atoms with Gasteiger partial charge in [0.2, 0.25) is 11.8 Å². The summed E-state index contributed by atoms with van der Waals surface area (Å²) in [6.45, 7) is 1.49. The van der Waals surface area contributed by atoms with E-state index in [0.717, 1.165) is 18.2 Å². The molecule has 0 atom stereocenters. The maximum atomic E-state index is 13.6. The first kappa shape index (κ1) is 21.8. The molecule has 1 aliphatic heterocycles. The first-order chi connectivity index (χ1) is 14.4. The number of likely N-dealkylation sites (tertiary alicyclic amines) is 1. The van der Waals surface area contributed by atoms with Crippen LogP contribution in [0.5, 0.6) is 0 Å². The number of nitrogens with zero attached hydrogens (tertiary/aromatic N) is 1. The highest BCUT2D eigenvalue weighted by Gasteiger charge is 2.26. The van der Waals surface area contributed by atoms with Crippen LogP contribution in [0.2, 0.25) is 0 Å². The summed E-state index contributed by atoms with van der Waals surface area (Å²) in [4.78, 5) is 26.3. The van der Waals surface area contributed by atoms with Crippen molar-refractivity contribution >= 4 is 17.5 Å². The lowest BCUT2D eigenvalue weighted by atomic mass is 9.96. The number of hydrogen-bond acceptors (Lipinski definition) is 3. The van der Waals surface area contributed by atoms with Crippen LogP contribution in [-0.4, -0.2) is 42.9 Å². The highest BCUT2D eigenvalue weighted by Crippen LogP contribution is 2.19. The van der Waals surface area contributed by atoms with Crippen molar-refractivity contribution < 1.29 is 22.8 Å². The van der Waals surface area contributed by atoms with Gasteiger partial charge < -0.3 is 10.6 Å². The summed E-state index contributed by atoms with van der Waals surface area (Å²) in [7, 11) is 0. The molecule has 5 nitrogen and oxygen atoms in total. The minimum atomic E-state index is -0.699. The quantitative estimate of drug-likeness (QED) is 0.725. The average molecular weight is 419 g/mol. The predicted octanol–water partition coefficient (Wildman–Crippen LogP) is 3.11. The summed E-state index contributed by atoms with van der Waals surface area (Å²) in [5.74, 6) is -2.28. The molecule has 2 aromatic rings. The van der Waals surface area contributed by atoms with E-state index in [1.165, 1.54) is 6.07 Å². The van der Waals surface area contributed by atoms with E-state index in [0.29, 0.717) is 44.5 Å². The molecule has 1 heterocycles. The molecule has 3 rings (SSSR count). The van der Waals surface area contributed by atoms with Crippen LogP contribution < -0.4 is 10.6 Å². The maximum Gasteiger partial charge on any atom is 0.238 e. The molecular formula is C22H24F3N3O2. The Balaban J connectivity index is 1.38. The molecular weight excluding hydrogens is 395 g/mol. The smallest absolute Gasteiger partial charge is 0.238 e. The zero-order valence-corrected chi connectivity index (χ0v) is 16.5. The van der Waals surface area contributed by atoms with Crippen molar-refractivity contribution in [1.29, 1.82) is 0 Å². The summed E-state index contributed by atoms with van der Waals surface area (Å²) in [5.41, 5.74) is 0.373. The SMILES string of the molecule is O=C(CN1CCC(C(=O)NCCc2ccccc2F)CC1)Nc1cc(F)ccc1F. The van der Waals surface area contributed by atoms with Crippen LogP contribution in [0, 0.1) is 23.4 Å². The number of rotatable bonds is 7. The van der Waals surface area contributed by atoms with Gasteiger partial charge in [-0.1, -0.05) is 18.2 Å². The fourth-order valence-electron chi connectivity index (χ4n) is 3.51. The summed E-state index contributed by atoms with van der Waals surface area (Å²) in [6, 6.07) is 9.35. The zero-order valence-electron chi connectivity index (χ0n) is 16.5. The van der Waals surface area contributed by atoms with Crippen LogP contribution in [0.4, 0.5) is 18.9 Å².